The first-order valence-electron chi connectivity index (χ1n) is 14.4. The molecule has 0 aliphatic carbocycles. The number of hydrogen-bond donors (Lipinski definition) is 2. The van der Waals surface area contributed by atoms with Crippen molar-refractivity contribution < 1.29 is 19.1 Å². The molecule has 1 aromatic heterocycles. The van der Waals surface area contributed by atoms with Crippen LogP contribution in [0, 0.1) is 6.92 Å². The molecule has 0 spiro atoms. The van der Waals surface area contributed by atoms with E-state index >= 15 is 0 Å². The summed E-state index contributed by atoms with van der Waals surface area (Å²) in [6, 6.07) is 30.4. The van der Waals surface area contributed by atoms with Gasteiger partial charge in [-0.15, -0.1) is 5.10 Å². The summed E-state index contributed by atoms with van der Waals surface area (Å²) in [5.74, 6) is -0.148. The van der Waals surface area contributed by atoms with E-state index in [1.165, 1.54) is 9.58 Å². The van der Waals surface area contributed by atoms with Crippen molar-refractivity contribution in [3.05, 3.63) is 126 Å². The Hall–Kier alpha value is -5.77. The molecule has 4 aromatic carbocycles. The lowest BCUT2D eigenvalue weighted by atomic mass is 10.0. The summed E-state index contributed by atoms with van der Waals surface area (Å²) in [6.45, 7) is 1.85. The van der Waals surface area contributed by atoms with Crippen LogP contribution < -0.4 is 20.3 Å². The maximum Gasteiger partial charge on any atom is 0.255 e. The quantitative estimate of drug-likeness (QED) is 0.222. The first-order valence-corrected chi connectivity index (χ1v) is 14.4. The molecule has 1 heterocycles. The fourth-order valence-corrected chi connectivity index (χ4v) is 4.74. The molecule has 228 valence electrons. The number of anilines is 2. The van der Waals surface area contributed by atoms with E-state index < -0.39 is 6.04 Å². The minimum absolute atomic E-state index is 0.123. The Balaban J connectivity index is 1.23. The lowest BCUT2D eigenvalue weighted by molar-refractivity contribution is -0.127. The summed E-state index contributed by atoms with van der Waals surface area (Å²) in [5.41, 5.74) is 5.23. The molecule has 45 heavy (non-hydrogen) atoms. The van der Waals surface area contributed by atoms with Gasteiger partial charge in [0.2, 0.25) is 11.8 Å². The number of amides is 3. The predicted molar refractivity (Wildman–Crippen MR) is 173 cm³/mol. The summed E-state index contributed by atoms with van der Waals surface area (Å²) in [4.78, 5) is 40.8. The highest BCUT2D eigenvalue weighted by atomic mass is 16.5. The highest BCUT2D eigenvalue weighted by Gasteiger charge is 2.26. The standard InChI is InChI=1S/C35H34N6O4/c1-24-9-11-27(12-10-24)34(43)36-28-15-13-26(14-16-28)32-22-41(39-38-32)23-33(42)37-31(21-25-7-5-4-6-8-25)35(44)40(2)29-17-19-30(45-3)20-18-29/h4-20,22,31H,21,23H2,1-3H3,(H,36,43)(H,37,42)/t31-/m0/s1. The minimum Gasteiger partial charge on any atom is -0.497 e. The van der Waals surface area contributed by atoms with Gasteiger partial charge in [0.15, 0.2) is 0 Å². The van der Waals surface area contributed by atoms with E-state index in [1.807, 2.05) is 61.5 Å². The topological polar surface area (TPSA) is 118 Å². The van der Waals surface area contributed by atoms with Crippen molar-refractivity contribution in [3.63, 3.8) is 0 Å². The third-order valence-electron chi connectivity index (χ3n) is 7.30. The van der Waals surface area contributed by atoms with Crippen LogP contribution in [0.4, 0.5) is 11.4 Å². The number of benzene rings is 4. The molecule has 5 rings (SSSR count). The van der Waals surface area contributed by atoms with E-state index in [0.717, 1.165) is 16.7 Å². The molecule has 0 unspecified atom stereocenters. The van der Waals surface area contributed by atoms with Crippen molar-refractivity contribution in [3.8, 4) is 17.0 Å². The average molecular weight is 603 g/mol. The van der Waals surface area contributed by atoms with Gasteiger partial charge in [0.1, 0.15) is 24.0 Å². The summed E-state index contributed by atoms with van der Waals surface area (Å²) in [6.07, 6.45) is 1.98. The zero-order chi connectivity index (χ0) is 31.8. The molecule has 0 saturated heterocycles. The molecule has 10 nitrogen and oxygen atoms in total. The molecular formula is C35H34N6O4. The molecule has 0 bridgehead atoms. The molecule has 0 radical (unpaired) electrons. The van der Waals surface area contributed by atoms with Gasteiger partial charge in [0.05, 0.1) is 13.3 Å². The molecular weight excluding hydrogens is 568 g/mol. The number of likely N-dealkylation sites (N-methyl/N-ethyl adjacent to an activating group) is 1. The average Bonchev–Trinajstić information content (AvgIpc) is 3.53. The maximum absolute atomic E-state index is 13.6. The second-order valence-corrected chi connectivity index (χ2v) is 10.6. The van der Waals surface area contributed by atoms with Crippen molar-refractivity contribution in [2.45, 2.75) is 25.9 Å². The first-order chi connectivity index (χ1) is 21.8. The summed E-state index contributed by atoms with van der Waals surface area (Å²) < 4.78 is 6.65. The lowest BCUT2D eigenvalue weighted by Crippen LogP contribution is -2.49. The van der Waals surface area contributed by atoms with Gasteiger partial charge in [-0.3, -0.25) is 14.4 Å². The van der Waals surface area contributed by atoms with E-state index in [2.05, 4.69) is 20.9 Å². The summed E-state index contributed by atoms with van der Waals surface area (Å²) in [5, 5.41) is 14.1. The Morgan fingerprint density at radius 2 is 1.58 bits per heavy atom. The molecule has 5 aromatic rings. The predicted octanol–water partition coefficient (Wildman–Crippen LogP) is 4.90. The largest absolute Gasteiger partial charge is 0.497 e. The van der Waals surface area contributed by atoms with Crippen LogP contribution in [-0.4, -0.2) is 52.9 Å². The molecule has 3 amide bonds. The van der Waals surface area contributed by atoms with Crippen LogP contribution in [0.3, 0.4) is 0 Å². The van der Waals surface area contributed by atoms with Gasteiger partial charge < -0.3 is 20.3 Å². The van der Waals surface area contributed by atoms with E-state index in [4.69, 9.17) is 4.74 Å². The number of nitrogens with one attached hydrogen (secondary N) is 2. The zero-order valence-corrected chi connectivity index (χ0v) is 25.3. The van der Waals surface area contributed by atoms with Gasteiger partial charge in [-0.05, 0) is 61.0 Å². The van der Waals surface area contributed by atoms with Crippen LogP contribution in [0.1, 0.15) is 21.5 Å². The number of ether oxygens (including phenoxy) is 1. The maximum atomic E-state index is 13.6. The van der Waals surface area contributed by atoms with Crippen molar-refractivity contribution >= 4 is 29.1 Å². The highest BCUT2D eigenvalue weighted by Crippen LogP contribution is 2.21. The smallest absolute Gasteiger partial charge is 0.255 e. The van der Waals surface area contributed by atoms with Gasteiger partial charge in [-0.2, -0.15) is 0 Å². The molecule has 0 saturated carbocycles. The van der Waals surface area contributed by atoms with E-state index in [-0.39, 0.29) is 24.3 Å². The number of aromatic nitrogens is 3. The molecule has 0 aliphatic heterocycles. The van der Waals surface area contributed by atoms with Crippen molar-refractivity contribution in [1.29, 1.82) is 0 Å². The molecule has 1 atom stereocenters. The van der Waals surface area contributed by atoms with Crippen LogP contribution in [0.25, 0.3) is 11.3 Å². The second kappa shape index (κ2) is 14.1. The Morgan fingerprint density at radius 1 is 0.889 bits per heavy atom. The van der Waals surface area contributed by atoms with Crippen molar-refractivity contribution in [2.24, 2.45) is 0 Å². The normalized spacial score (nSPS) is 11.4. The second-order valence-electron chi connectivity index (χ2n) is 10.6. The van der Waals surface area contributed by atoms with Crippen LogP contribution in [-0.2, 0) is 22.6 Å². The third kappa shape index (κ3) is 7.99. The van der Waals surface area contributed by atoms with Crippen LogP contribution in [0.15, 0.2) is 109 Å². The number of carbonyl (C=O) groups excluding carboxylic acids is 3. The van der Waals surface area contributed by atoms with E-state index in [1.54, 1.807) is 68.9 Å². The number of nitrogens with zero attached hydrogens (tertiary/aromatic N) is 4. The Bertz CT molecular complexity index is 1750. The number of aryl methyl sites for hydroxylation is 1. The van der Waals surface area contributed by atoms with Gasteiger partial charge in [-0.1, -0.05) is 65.4 Å². The Labute approximate surface area is 261 Å². The van der Waals surface area contributed by atoms with Crippen LogP contribution >= 0.6 is 0 Å². The van der Waals surface area contributed by atoms with E-state index in [0.29, 0.717) is 34.8 Å². The third-order valence-corrected chi connectivity index (χ3v) is 7.30. The van der Waals surface area contributed by atoms with Crippen LogP contribution in [0.2, 0.25) is 0 Å². The summed E-state index contributed by atoms with van der Waals surface area (Å²) >= 11 is 0. The molecule has 2 N–H and O–H groups in total. The van der Waals surface area contributed by atoms with Gasteiger partial charge >= 0.3 is 0 Å². The number of methoxy groups -OCH3 is 1. The minimum atomic E-state index is -0.808. The molecule has 0 aliphatic rings. The zero-order valence-electron chi connectivity index (χ0n) is 25.3. The number of carbonyl (C=O) groups is 3. The monoisotopic (exact) mass is 602 g/mol. The van der Waals surface area contributed by atoms with E-state index in [9.17, 15) is 14.4 Å². The Kier molecular flexibility index (Phi) is 9.64. The van der Waals surface area contributed by atoms with Gasteiger partial charge in [0.25, 0.3) is 5.91 Å². The highest BCUT2D eigenvalue weighted by molar-refractivity contribution is 6.04. The molecule has 10 heteroatoms. The van der Waals surface area contributed by atoms with Gasteiger partial charge in [0, 0.05) is 36.0 Å². The fourth-order valence-electron chi connectivity index (χ4n) is 4.74. The molecule has 0 fully saturated rings. The summed E-state index contributed by atoms with van der Waals surface area (Å²) in [7, 11) is 3.26. The lowest BCUT2D eigenvalue weighted by Gasteiger charge is -2.25. The van der Waals surface area contributed by atoms with Crippen LogP contribution in [0.5, 0.6) is 5.75 Å². The SMILES string of the molecule is COc1ccc(N(C)C(=O)[C@H](Cc2ccccc2)NC(=O)Cn2cc(-c3ccc(NC(=O)c4ccc(C)cc4)cc3)nn2)cc1. The number of hydrogen-bond acceptors (Lipinski definition) is 6. The Morgan fingerprint density at radius 3 is 2.24 bits per heavy atom. The number of rotatable bonds is 11. The van der Waals surface area contributed by atoms with Crippen molar-refractivity contribution in [1.82, 2.24) is 20.3 Å². The first kappa shape index (κ1) is 30.7. The van der Waals surface area contributed by atoms with Gasteiger partial charge in [-0.25, -0.2) is 4.68 Å². The van der Waals surface area contributed by atoms with Crippen molar-refractivity contribution in [2.75, 3.05) is 24.4 Å². The fraction of sp³-hybridized carbons (Fsp3) is 0.171.